The summed E-state index contributed by atoms with van der Waals surface area (Å²) >= 11 is 0. The molecule has 0 aliphatic rings. The van der Waals surface area contributed by atoms with E-state index in [2.05, 4.69) is 15.3 Å². The second kappa shape index (κ2) is 6.37. The van der Waals surface area contributed by atoms with Gasteiger partial charge in [0.2, 0.25) is 5.95 Å². The van der Waals surface area contributed by atoms with Crippen LogP contribution in [-0.2, 0) is 5.60 Å². The molecule has 3 aromatic rings. The minimum Gasteiger partial charge on any atom is -0.379 e. The van der Waals surface area contributed by atoms with E-state index in [-0.39, 0.29) is 6.54 Å². The van der Waals surface area contributed by atoms with Crippen LogP contribution in [0, 0.1) is 0 Å². The normalized spacial score (nSPS) is 11.1. The molecular formula is C18H17N3O. The van der Waals surface area contributed by atoms with E-state index >= 15 is 0 Å². The Morgan fingerprint density at radius 2 is 1.27 bits per heavy atom. The first-order valence-electron chi connectivity index (χ1n) is 7.13. The molecule has 0 aliphatic heterocycles. The first-order chi connectivity index (χ1) is 10.8. The number of nitrogens with one attached hydrogen (secondary N) is 1. The molecule has 2 aromatic carbocycles. The fraction of sp³-hybridized carbons (Fsp3) is 0.111. The average Bonchev–Trinajstić information content (AvgIpc) is 2.62. The first-order valence-corrected chi connectivity index (χ1v) is 7.13. The van der Waals surface area contributed by atoms with Crippen LogP contribution in [0.4, 0.5) is 5.95 Å². The molecule has 0 bridgehead atoms. The van der Waals surface area contributed by atoms with E-state index < -0.39 is 5.60 Å². The Balaban J connectivity index is 1.93. The Morgan fingerprint density at radius 1 is 0.773 bits per heavy atom. The van der Waals surface area contributed by atoms with Gasteiger partial charge in [0, 0.05) is 12.4 Å². The average molecular weight is 291 g/mol. The predicted molar refractivity (Wildman–Crippen MR) is 86.4 cm³/mol. The Hall–Kier alpha value is -2.72. The van der Waals surface area contributed by atoms with E-state index in [1.54, 1.807) is 18.5 Å². The molecule has 2 N–H and O–H groups in total. The zero-order valence-corrected chi connectivity index (χ0v) is 12.1. The number of anilines is 1. The van der Waals surface area contributed by atoms with E-state index in [1.807, 2.05) is 60.7 Å². The lowest BCUT2D eigenvalue weighted by atomic mass is 9.86. The van der Waals surface area contributed by atoms with E-state index in [9.17, 15) is 5.11 Å². The largest absolute Gasteiger partial charge is 0.379 e. The zero-order valence-electron chi connectivity index (χ0n) is 12.1. The highest BCUT2D eigenvalue weighted by Gasteiger charge is 2.31. The number of hydrogen-bond donors (Lipinski definition) is 2. The zero-order chi connectivity index (χ0) is 15.3. The quantitative estimate of drug-likeness (QED) is 0.759. The maximum Gasteiger partial charge on any atom is 0.222 e. The third-order valence-electron chi connectivity index (χ3n) is 3.57. The molecule has 0 atom stereocenters. The standard InChI is InChI=1S/C18H17N3O/c22-18(15-8-3-1-4-9-15,16-10-5-2-6-11-16)14-21-17-19-12-7-13-20-17/h1-13,22H,14H2,(H,19,20,21). The Bertz CT molecular complexity index is 663. The summed E-state index contributed by atoms with van der Waals surface area (Å²) in [6.45, 7) is 0.283. The number of rotatable bonds is 5. The molecule has 22 heavy (non-hydrogen) atoms. The van der Waals surface area contributed by atoms with Crippen molar-refractivity contribution < 1.29 is 5.11 Å². The smallest absolute Gasteiger partial charge is 0.222 e. The van der Waals surface area contributed by atoms with Gasteiger partial charge in [-0.25, -0.2) is 9.97 Å². The Morgan fingerprint density at radius 3 is 1.77 bits per heavy atom. The van der Waals surface area contributed by atoms with Gasteiger partial charge >= 0.3 is 0 Å². The lowest BCUT2D eigenvalue weighted by Crippen LogP contribution is -2.35. The van der Waals surface area contributed by atoms with E-state index in [1.165, 1.54) is 0 Å². The van der Waals surface area contributed by atoms with Crippen molar-refractivity contribution in [3.8, 4) is 0 Å². The summed E-state index contributed by atoms with van der Waals surface area (Å²) < 4.78 is 0. The van der Waals surface area contributed by atoms with E-state index in [0.29, 0.717) is 5.95 Å². The molecule has 3 rings (SSSR count). The van der Waals surface area contributed by atoms with Gasteiger partial charge in [0.25, 0.3) is 0 Å². The van der Waals surface area contributed by atoms with Crippen molar-refractivity contribution in [1.82, 2.24) is 9.97 Å². The minimum atomic E-state index is -1.15. The summed E-state index contributed by atoms with van der Waals surface area (Å²) in [7, 11) is 0. The molecule has 0 saturated carbocycles. The molecule has 0 aliphatic carbocycles. The van der Waals surface area contributed by atoms with Gasteiger partial charge in [-0.2, -0.15) is 0 Å². The minimum absolute atomic E-state index is 0.283. The van der Waals surface area contributed by atoms with Crippen LogP contribution in [-0.4, -0.2) is 21.6 Å². The topological polar surface area (TPSA) is 58.0 Å². The fourth-order valence-electron chi connectivity index (χ4n) is 2.40. The summed E-state index contributed by atoms with van der Waals surface area (Å²) in [5.74, 6) is 0.493. The molecule has 0 unspecified atom stereocenters. The summed E-state index contributed by atoms with van der Waals surface area (Å²) in [5.41, 5.74) is 0.496. The molecule has 4 heteroatoms. The van der Waals surface area contributed by atoms with Crippen molar-refractivity contribution in [3.63, 3.8) is 0 Å². The van der Waals surface area contributed by atoms with Gasteiger partial charge < -0.3 is 10.4 Å². The van der Waals surface area contributed by atoms with Crippen molar-refractivity contribution in [1.29, 1.82) is 0 Å². The van der Waals surface area contributed by atoms with Crippen LogP contribution in [0.3, 0.4) is 0 Å². The third-order valence-corrected chi connectivity index (χ3v) is 3.57. The Kier molecular flexibility index (Phi) is 4.12. The highest BCUT2D eigenvalue weighted by Crippen LogP contribution is 2.29. The van der Waals surface area contributed by atoms with Gasteiger partial charge in [-0.1, -0.05) is 60.7 Å². The van der Waals surface area contributed by atoms with Gasteiger partial charge in [0.15, 0.2) is 0 Å². The highest BCUT2D eigenvalue weighted by molar-refractivity contribution is 5.39. The summed E-state index contributed by atoms with van der Waals surface area (Å²) in [6, 6.07) is 21.0. The summed E-state index contributed by atoms with van der Waals surface area (Å²) in [6.07, 6.45) is 3.33. The number of aromatic nitrogens is 2. The van der Waals surface area contributed by atoms with Crippen LogP contribution in [0.1, 0.15) is 11.1 Å². The van der Waals surface area contributed by atoms with Crippen molar-refractivity contribution in [2.24, 2.45) is 0 Å². The first kappa shape index (κ1) is 14.2. The Labute approximate surface area is 129 Å². The SMILES string of the molecule is OC(CNc1ncccn1)(c1ccccc1)c1ccccc1. The van der Waals surface area contributed by atoms with Gasteiger partial charge in [-0.05, 0) is 17.2 Å². The van der Waals surface area contributed by atoms with Crippen LogP contribution in [0.5, 0.6) is 0 Å². The lowest BCUT2D eigenvalue weighted by molar-refractivity contribution is 0.0948. The molecule has 110 valence electrons. The van der Waals surface area contributed by atoms with Gasteiger partial charge in [0.1, 0.15) is 5.60 Å². The molecule has 1 heterocycles. The molecule has 4 nitrogen and oxygen atoms in total. The molecular weight excluding hydrogens is 274 g/mol. The second-order valence-electron chi connectivity index (χ2n) is 5.02. The molecule has 0 amide bonds. The highest BCUT2D eigenvalue weighted by atomic mass is 16.3. The van der Waals surface area contributed by atoms with Crippen molar-refractivity contribution in [2.45, 2.75) is 5.60 Å². The molecule has 0 spiro atoms. The number of hydrogen-bond acceptors (Lipinski definition) is 4. The van der Waals surface area contributed by atoms with Crippen LogP contribution in [0.25, 0.3) is 0 Å². The maximum atomic E-state index is 11.3. The van der Waals surface area contributed by atoms with Gasteiger partial charge in [0.05, 0.1) is 6.54 Å². The molecule has 1 aromatic heterocycles. The predicted octanol–water partition coefficient (Wildman–Crippen LogP) is 2.82. The lowest BCUT2D eigenvalue weighted by Gasteiger charge is -2.29. The number of nitrogens with zero attached hydrogens (tertiary/aromatic N) is 2. The van der Waals surface area contributed by atoms with Crippen LogP contribution in [0.15, 0.2) is 79.1 Å². The fourth-order valence-corrected chi connectivity index (χ4v) is 2.40. The van der Waals surface area contributed by atoms with Gasteiger partial charge in [-0.15, -0.1) is 0 Å². The van der Waals surface area contributed by atoms with Crippen LogP contribution < -0.4 is 5.32 Å². The van der Waals surface area contributed by atoms with Crippen molar-refractivity contribution in [2.75, 3.05) is 11.9 Å². The van der Waals surface area contributed by atoms with E-state index in [4.69, 9.17) is 0 Å². The maximum absolute atomic E-state index is 11.3. The summed E-state index contributed by atoms with van der Waals surface area (Å²) in [5, 5.41) is 14.4. The summed E-state index contributed by atoms with van der Waals surface area (Å²) in [4.78, 5) is 8.27. The van der Waals surface area contributed by atoms with Crippen LogP contribution >= 0.6 is 0 Å². The third kappa shape index (κ3) is 2.97. The van der Waals surface area contributed by atoms with Gasteiger partial charge in [-0.3, -0.25) is 0 Å². The number of aliphatic hydroxyl groups is 1. The van der Waals surface area contributed by atoms with Crippen molar-refractivity contribution >= 4 is 5.95 Å². The number of benzene rings is 2. The van der Waals surface area contributed by atoms with E-state index in [0.717, 1.165) is 11.1 Å². The van der Waals surface area contributed by atoms with Crippen molar-refractivity contribution in [3.05, 3.63) is 90.3 Å². The monoisotopic (exact) mass is 291 g/mol. The molecule has 0 radical (unpaired) electrons. The van der Waals surface area contributed by atoms with Crippen LogP contribution in [0.2, 0.25) is 0 Å². The molecule has 0 saturated heterocycles. The second-order valence-corrected chi connectivity index (χ2v) is 5.02. The molecule has 0 fully saturated rings.